The molecule has 0 saturated carbocycles. The number of rotatable bonds is 7. The maximum absolute atomic E-state index is 12.9. The molecule has 0 bridgehead atoms. The molecule has 4 rings (SSSR count). The number of anilines is 2. The lowest BCUT2D eigenvalue weighted by Gasteiger charge is -2.26. The summed E-state index contributed by atoms with van der Waals surface area (Å²) in [7, 11) is -3.67. The quantitative estimate of drug-likeness (QED) is 0.661. The molecule has 10 heteroatoms. The lowest BCUT2D eigenvalue weighted by atomic mass is 10.2. The van der Waals surface area contributed by atoms with Crippen LogP contribution >= 0.6 is 0 Å². The van der Waals surface area contributed by atoms with Gasteiger partial charge in [0.15, 0.2) is 6.10 Å². The Hall–Kier alpha value is -2.95. The molecule has 0 unspecified atom stereocenters. The van der Waals surface area contributed by atoms with Gasteiger partial charge in [-0.15, -0.1) is 0 Å². The zero-order chi connectivity index (χ0) is 23.4. The number of sulfonamides is 1. The number of amides is 2. The van der Waals surface area contributed by atoms with Gasteiger partial charge in [0.05, 0.1) is 18.1 Å². The monoisotopic (exact) mass is 473 g/mol. The summed E-state index contributed by atoms with van der Waals surface area (Å²) in [5, 5.41) is 2.72. The molecule has 2 aromatic rings. The first-order valence-corrected chi connectivity index (χ1v) is 12.3. The Morgan fingerprint density at radius 1 is 1.09 bits per heavy atom. The normalized spacial score (nSPS) is 18.2. The largest absolute Gasteiger partial charge is 0.481 e. The minimum Gasteiger partial charge on any atom is -0.481 e. The second kappa shape index (κ2) is 9.90. The van der Waals surface area contributed by atoms with Gasteiger partial charge in [-0.1, -0.05) is 12.1 Å². The summed E-state index contributed by atoms with van der Waals surface area (Å²) in [6.07, 6.45) is 0.516. The summed E-state index contributed by atoms with van der Waals surface area (Å²) in [5.74, 6) is 0.127. The Morgan fingerprint density at radius 2 is 1.85 bits per heavy atom. The summed E-state index contributed by atoms with van der Waals surface area (Å²) in [6, 6.07) is 13.2. The molecule has 9 nitrogen and oxygen atoms in total. The summed E-state index contributed by atoms with van der Waals surface area (Å²) in [5.41, 5.74) is 1.10. The smallest absolute Gasteiger partial charge is 0.265 e. The zero-order valence-electron chi connectivity index (χ0n) is 18.4. The summed E-state index contributed by atoms with van der Waals surface area (Å²) >= 11 is 0. The average Bonchev–Trinajstić information content (AvgIpc) is 3.26. The minimum absolute atomic E-state index is 0.0739. The highest BCUT2D eigenvalue weighted by atomic mass is 32.2. The predicted octanol–water partition coefficient (Wildman–Crippen LogP) is 2.24. The molecular formula is C23H27N3O6S. The number of carbonyl (C=O) groups is 2. The van der Waals surface area contributed by atoms with Gasteiger partial charge >= 0.3 is 0 Å². The van der Waals surface area contributed by atoms with Crippen LogP contribution in [-0.2, 0) is 24.3 Å². The van der Waals surface area contributed by atoms with Crippen molar-refractivity contribution in [3.63, 3.8) is 0 Å². The van der Waals surface area contributed by atoms with Gasteiger partial charge in [-0.3, -0.25) is 9.59 Å². The van der Waals surface area contributed by atoms with E-state index in [1.165, 1.54) is 16.4 Å². The SMILES string of the molecule is C[C@@H](Oc1cccc(N2CCCC2=O)c1)C(=O)Nc1cccc(S(=O)(=O)N2CCOCC2)c1. The van der Waals surface area contributed by atoms with Crippen molar-refractivity contribution in [3.8, 4) is 5.75 Å². The molecule has 0 spiro atoms. The van der Waals surface area contributed by atoms with Crippen LogP contribution in [0.2, 0.25) is 0 Å². The van der Waals surface area contributed by atoms with E-state index in [9.17, 15) is 18.0 Å². The van der Waals surface area contributed by atoms with Gasteiger partial charge < -0.3 is 19.7 Å². The van der Waals surface area contributed by atoms with Crippen LogP contribution in [0.4, 0.5) is 11.4 Å². The average molecular weight is 474 g/mol. The Labute approximate surface area is 193 Å². The summed E-state index contributed by atoms with van der Waals surface area (Å²) < 4.78 is 38.1. The summed E-state index contributed by atoms with van der Waals surface area (Å²) in [4.78, 5) is 26.5. The molecule has 2 amide bonds. The molecule has 2 aliphatic rings. The van der Waals surface area contributed by atoms with Crippen LogP contribution in [0.15, 0.2) is 53.4 Å². The molecule has 0 aromatic heterocycles. The van der Waals surface area contributed by atoms with Crippen molar-refractivity contribution in [3.05, 3.63) is 48.5 Å². The van der Waals surface area contributed by atoms with Gasteiger partial charge in [-0.25, -0.2) is 8.42 Å². The number of nitrogens with one attached hydrogen (secondary N) is 1. The number of hydrogen-bond donors (Lipinski definition) is 1. The molecule has 1 atom stereocenters. The summed E-state index contributed by atoms with van der Waals surface area (Å²) in [6.45, 7) is 3.59. The van der Waals surface area contributed by atoms with Crippen molar-refractivity contribution in [1.29, 1.82) is 0 Å². The highest BCUT2D eigenvalue weighted by molar-refractivity contribution is 7.89. The van der Waals surface area contributed by atoms with E-state index in [1.54, 1.807) is 42.2 Å². The maximum atomic E-state index is 12.9. The molecule has 2 heterocycles. The van der Waals surface area contributed by atoms with Crippen LogP contribution in [-0.4, -0.2) is 63.5 Å². The van der Waals surface area contributed by atoms with E-state index in [1.807, 2.05) is 6.07 Å². The molecule has 2 aromatic carbocycles. The van der Waals surface area contributed by atoms with Crippen LogP contribution in [0.5, 0.6) is 5.75 Å². The standard InChI is InChI=1S/C23H27N3O6S/c1-17(32-20-7-3-6-19(16-20)26-10-4-9-22(26)27)23(28)24-18-5-2-8-21(15-18)33(29,30)25-11-13-31-14-12-25/h2-3,5-8,15-17H,4,9-14H2,1H3,(H,24,28)/t17-/m1/s1. The van der Waals surface area contributed by atoms with E-state index in [0.717, 1.165) is 12.1 Å². The van der Waals surface area contributed by atoms with Crippen molar-refractivity contribution in [2.24, 2.45) is 0 Å². The molecule has 0 radical (unpaired) electrons. The number of hydrogen-bond acceptors (Lipinski definition) is 6. The van der Waals surface area contributed by atoms with Crippen LogP contribution < -0.4 is 15.0 Å². The Bertz CT molecular complexity index is 1130. The fourth-order valence-electron chi connectivity index (χ4n) is 3.82. The number of morpholine rings is 1. The van der Waals surface area contributed by atoms with Crippen LogP contribution in [0.1, 0.15) is 19.8 Å². The van der Waals surface area contributed by atoms with E-state index in [0.29, 0.717) is 50.7 Å². The fourth-order valence-corrected chi connectivity index (χ4v) is 5.27. The van der Waals surface area contributed by atoms with Crippen LogP contribution in [0.3, 0.4) is 0 Å². The molecule has 2 aliphatic heterocycles. The number of carbonyl (C=O) groups excluding carboxylic acids is 2. The highest BCUT2D eigenvalue weighted by Gasteiger charge is 2.27. The Balaban J connectivity index is 1.41. The maximum Gasteiger partial charge on any atom is 0.265 e. The van der Waals surface area contributed by atoms with Crippen LogP contribution in [0.25, 0.3) is 0 Å². The highest BCUT2D eigenvalue weighted by Crippen LogP contribution is 2.26. The van der Waals surface area contributed by atoms with Gasteiger partial charge in [-0.05, 0) is 43.7 Å². The van der Waals surface area contributed by atoms with Gasteiger partial charge in [0.1, 0.15) is 5.75 Å². The van der Waals surface area contributed by atoms with Crippen molar-refractivity contribution < 1.29 is 27.5 Å². The first kappa shape index (κ1) is 23.2. The molecule has 1 N–H and O–H groups in total. The Kier molecular flexibility index (Phi) is 6.96. The second-order valence-corrected chi connectivity index (χ2v) is 9.88. The minimum atomic E-state index is -3.67. The van der Waals surface area contributed by atoms with Gasteiger partial charge in [-0.2, -0.15) is 4.31 Å². The van der Waals surface area contributed by atoms with Crippen LogP contribution in [0, 0.1) is 0 Å². The van der Waals surface area contributed by atoms with E-state index in [-0.39, 0.29) is 10.8 Å². The van der Waals surface area contributed by atoms with Gasteiger partial charge in [0.2, 0.25) is 15.9 Å². The van der Waals surface area contributed by atoms with Gasteiger partial charge in [0, 0.05) is 43.5 Å². The van der Waals surface area contributed by atoms with E-state index in [4.69, 9.17) is 9.47 Å². The van der Waals surface area contributed by atoms with Crippen molar-refractivity contribution in [2.45, 2.75) is 30.8 Å². The first-order valence-electron chi connectivity index (χ1n) is 10.9. The molecule has 2 saturated heterocycles. The third kappa shape index (κ3) is 5.35. The zero-order valence-corrected chi connectivity index (χ0v) is 19.2. The Morgan fingerprint density at radius 3 is 2.58 bits per heavy atom. The molecular weight excluding hydrogens is 446 g/mol. The molecule has 2 fully saturated rings. The van der Waals surface area contributed by atoms with Crippen molar-refractivity contribution >= 4 is 33.2 Å². The number of nitrogens with zero attached hydrogens (tertiary/aromatic N) is 2. The third-order valence-corrected chi connectivity index (χ3v) is 7.49. The third-order valence-electron chi connectivity index (χ3n) is 5.59. The molecule has 33 heavy (non-hydrogen) atoms. The topological polar surface area (TPSA) is 105 Å². The van der Waals surface area contributed by atoms with Crippen molar-refractivity contribution in [2.75, 3.05) is 43.1 Å². The number of benzene rings is 2. The van der Waals surface area contributed by atoms with E-state index < -0.39 is 22.0 Å². The van der Waals surface area contributed by atoms with E-state index >= 15 is 0 Å². The number of ether oxygens (including phenoxy) is 2. The molecule has 176 valence electrons. The van der Waals surface area contributed by atoms with Gasteiger partial charge in [0.25, 0.3) is 5.91 Å². The van der Waals surface area contributed by atoms with E-state index in [2.05, 4.69) is 5.32 Å². The fraction of sp³-hybridized carbons (Fsp3) is 0.391. The second-order valence-electron chi connectivity index (χ2n) is 7.94. The van der Waals surface area contributed by atoms with Crippen molar-refractivity contribution in [1.82, 2.24) is 4.31 Å². The molecule has 0 aliphatic carbocycles. The lowest BCUT2D eigenvalue weighted by Crippen LogP contribution is -2.40. The first-order chi connectivity index (χ1) is 15.8. The lowest BCUT2D eigenvalue weighted by molar-refractivity contribution is -0.122. The predicted molar refractivity (Wildman–Crippen MR) is 123 cm³/mol.